The highest BCUT2D eigenvalue weighted by molar-refractivity contribution is 7.13. The van der Waals surface area contributed by atoms with Gasteiger partial charge in [-0.2, -0.15) is 10.2 Å². The Kier molecular flexibility index (Phi) is 6.32. The molecular weight excluding hydrogens is 438 g/mol. The predicted molar refractivity (Wildman–Crippen MR) is 128 cm³/mol. The third-order valence-corrected chi connectivity index (χ3v) is 6.10. The topological polar surface area (TPSA) is 98.9 Å². The molecule has 0 saturated heterocycles. The van der Waals surface area contributed by atoms with E-state index in [1.54, 1.807) is 26.0 Å². The minimum Gasteiger partial charge on any atom is -0.352 e. The number of thiophene rings is 1. The largest absolute Gasteiger partial charge is 0.352 e. The van der Waals surface area contributed by atoms with Crippen LogP contribution in [0.25, 0.3) is 21.8 Å². The van der Waals surface area contributed by atoms with Gasteiger partial charge in [0.2, 0.25) is 5.91 Å². The molecule has 0 spiro atoms. The number of benzene rings is 1. The van der Waals surface area contributed by atoms with Crippen molar-refractivity contribution < 1.29 is 4.79 Å². The predicted octanol–water partition coefficient (Wildman–Crippen LogP) is 2.75. The van der Waals surface area contributed by atoms with Crippen LogP contribution >= 0.6 is 11.3 Å². The van der Waals surface area contributed by atoms with Crippen molar-refractivity contribution in [3.8, 4) is 21.8 Å². The standard InChI is InChI=1S/C24H23N5O3S/c1-24(2,29-22(31)13-11-19(27-29)20-9-6-16-33-20)23(32)25-14-15-28-21(30)12-10-18(26-28)17-7-4-3-5-8-17/h3-13,16H,14-15H2,1-2H3,(H,25,32). The fraction of sp³-hybridized carbons (Fsp3) is 0.208. The van der Waals surface area contributed by atoms with Crippen LogP contribution in [0.5, 0.6) is 0 Å². The first kappa shape index (κ1) is 22.3. The van der Waals surface area contributed by atoms with Gasteiger partial charge in [-0.25, -0.2) is 9.36 Å². The molecule has 0 saturated carbocycles. The summed E-state index contributed by atoms with van der Waals surface area (Å²) in [6.07, 6.45) is 0. The van der Waals surface area contributed by atoms with Crippen molar-refractivity contribution in [1.29, 1.82) is 0 Å². The summed E-state index contributed by atoms with van der Waals surface area (Å²) in [4.78, 5) is 38.6. The Morgan fingerprint density at radius 2 is 1.64 bits per heavy atom. The number of nitrogens with one attached hydrogen (secondary N) is 1. The highest BCUT2D eigenvalue weighted by Crippen LogP contribution is 2.22. The summed E-state index contributed by atoms with van der Waals surface area (Å²) in [5.74, 6) is -0.382. The number of carbonyl (C=O) groups excluding carboxylic acids is 1. The molecule has 0 aliphatic rings. The number of hydrogen-bond donors (Lipinski definition) is 1. The smallest absolute Gasteiger partial charge is 0.267 e. The van der Waals surface area contributed by atoms with E-state index >= 15 is 0 Å². The van der Waals surface area contributed by atoms with Crippen LogP contribution in [0.15, 0.2) is 81.7 Å². The van der Waals surface area contributed by atoms with Crippen LogP contribution in [0, 0.1) is 0 Å². The van der Waals surface area contributed by atoms with Crippen molar-refractivity contribution in [1.82, 2.24) is 24.9 Å². The van der Waals surface area contributed by atoms with Crippen LogP contribution in [0.4, 0.5) is 0 Å². The molecule has 0 fully saturated rings. The van der Waals surface area contributed by atoms with Gasteiger partial charge in [-0.1, -0.05) is 36.4 Å². The van der Waals surface area contributed by atoms with Crippen LogP contribution < -0.4 is 16.4 Å². The van der Waals surface area contributed by atoms with E-state index in [9.17, 15) is 14.4 Å². The maximum Gasteiger partial charge on any atom is 0.267 e. The van der Waals surface area contributed by atoms with Crippen molar-refractivity contribution in [2.24, 2.45) is 0 Å². The molecule has 0 aliphatic heterocycles. The van der Waals surface area contributed by atoms with E-state index in [4.69, 9.17) is 0 Å². The van der Waals surface area contributed by atoms with Gasteiger partial charge in [0, 0.05) is 24.2 Å². The van der Waals surface area contributed by atoms with Crippen LogP contribution in [0.2, 0.25) is 0 Å². The van der Waals surface area contributed by atoms with E-state index < -0.39 is 5.54 Å². The molecule has 0 radical (unpaired) electrons. The SMILES string of the molecule is CC(C)(C(=O)NCCn1nc(-c2ccccc2)ccc1=O)n1nc(-c2cccs2)ccc1=O. The second-order valence-electron chi connectivity index (χ2n) is 7.91. The highest BCUT2D eigenvalue weighted by Gasteiger charge is 2.32. The molecule has 1 aromatic carbocycles. The Hall–Kier alpha value is -3.85. The van der Waals surface area contributed by atoms with Crippen molar-refractivity contribution in [2.45, 2.75) is 25.9 Å². The Morgan fingerprint density at radius 3 is 2.36 bits per heavy atom. The summed E-state index contributed by atoms with van der Waals surface area (Å²) in [6.45, 7) is 3.64. The van der Waals surface area contributed by atoms with Crippen LogP contribution in [-0.2, 0) is 16.9 Å². The number of rotatable bonds is 7. The minimum absolute atomic E-state index is 0.173. The van der Waals surface area contributed by atoms with Crippen LogP contribution in [-0.4, -0.2) is 32.0 Å². The van der Waals surface area contributed by atoms with Gasteiger partial charge in [-0.15, -0.1) is 11.3 Å². The average molecular weight is 462 g/mol. The first-order valence-electron chi connectivity index (χ1n) is 10.4. The van der Waals surface area contributed by atoms with Crippen molar-refractivity contribution in [2.75, 3.05) is 6.54 Å². The van der Waals surface area contributed by atoms with E-state index in [2.05, 4.69) is 15.5 Å². The van der Waals surface area contributed by atoms with Gasteiger partial charge in [0.15, 0.2) is 0 Å². The molecule has 0 unspecified atom stereocenters. The van der Waals surface area contributed by atoms with Gasteiger partial charge in [-0.3, -0.25) is 14.4 Å². The number of aromatic nitrogens is 4. The molecule has 0 aliphatic carbocycles. The second kappa shape index (κ2) is 9.33. The fourth-order valence-corrected chi connectivity index (χ4v) is 4.02. The van der Waals surface area contributed by atoms with Gasteiger partial charge in [-0.05, 0) is 37.4 Å². The molecule has 0 bridgehead atoms. The van der Waals surface area contributed by atoms with E-state index in [-0.39, 0.29) is 30.1 Å². The first-order chi connectivity index (χ1) is 15.9. The Labute approximate surface area is 194 Å². The Balaban J connectivity index is 1.48. The zero-order chi connectivity index (χ0) is 23.4. The van der Waals surface area contributed by atoms with Crippen molar-refractivity contribution >= 4 is 17.2 Å². The maximum atomic E-state index is 13.0. The molecule has 4 aromatic rings. The molecule has 9 heteroatoms. The van der Waals surface area contributed by atoms with Gasteiger partial charge in [0.25, 0.3) is 11.1 Å². The van der Waals surface area contributed by atoms with Crippen LogP contribution in [0.1, 0.15) is 13.8 Å². The quantitative estimate of drug-likeness (QED) is 0.456. The summed E-state index contributed by atoms with van der Waals surface area (Å²) >= 11 is 1.50. The number of amides is 1. The Bertz CT molecular complexity index is 1380. The third-order valence-electron chi connectivity index (χ3n) is 5.20. The number of hydrogen-bond acceptors (Lipinski definition) is 6. The van der Waals surface area contributed by atoms with Gasteiger partial charge >= 0.3 is 0 Å². The van der Waals surface area contributed by atoms with E-state index in [0.29, 0.717) is 11.4 Å². The zero-order valence-corrected chi connectivity index (χ0v) is 19.1. The summed E-state index contributed by atoms with van der Waals surface area (Å²) in [6, 6.07) is 19.5. The normalized spacial score (nSPS) is 11.3. The summed E-state index contributed by atoms with van der Waals surface area (Å²) < 4.78 is 2.51. The second-order valence-corrected chi connectivity index (χ2v) is 8.85. The van der Waals surface area contributed by atoms with Crippen LogP contribution in [0.3, 0.4) is 0 Å². The fourth-order valence-electron chi connectivity index (χ4n) is 3.33. The average Bonchev–Trinajstić information content (AvgIpc) is 3.36. The van der Waals surface area contributed by atoms with E-state index in [1.165, 1.54) is 32.8 Å². The molecule has 4 rings (SSSR count). The summed E-state index contributed by atoms with van der Waals surface area (Å²) in [5, 5.41) is 13.5. The lowest BCUT2D eigenvalue weighted by molar-refractivity contribution is -0.129. The molecule has 168 valence electrons. The van der Waals surface area contributed by atoms with Crippen molar-refractivity contribution in [3.63, 3.8) is 0 Å². The molecule has 33 heavy (non-hydrogen) atoms. The Morgan fingerprint density at radius 1 is 0.909 bits per heavy atom. The molecule has 3 heterocycles. The van der Waals surface area contributed by atoms with Gasteiger partial charge < -0.3 is 5.32 Å². The van der Waals surface area contributed by atoms with Crippen molar-refractivity contribution in [3.05, 3.63) is 92.8 Å². The van der Waals surface area contributed by atoms with Gasteiger partial charge in [0.1, 0.15) is 11.2 Å². The lowest BCUT2D eigenvalue weighted by atomic mass is 10.0. The first-order valence-corrected chi connectivity index (χ1v) is 11.3. The van der Waals surface area contributed by atoms with E-state index in [1.807, 2.05) is 47.8 Å². The molecule has 1 amide bonds. The lowest BCUT2D eigenvalue weighted by Gasteiger charge is -2.25. The monoisotopic (exact) mass is 461 g/mol. The molecule has 1 N–H and O–H groups in total. The summed E-state index contributed by atoms with van der Waals surface area (Å²) in [7, 11) is 0. The molecule has 0 atom stereocenters. The lowest BCUT2D eigenvalue weighted by Crippen LogP contribution is -2.50. The zero-order valence-electron chi connectivity index (χ0n) is 18.3. The molecule has 3 aromatic heterocycles. The number of nitrogens with zero attached hydrogens (tertiary/aromatic N) is 4. The maximum absolute atomic E-state index is 13.0. The molecular formula is C24H23N5O3S. The number of carbonyl (C=O) groups is 1. The highest BCUT2D eigenvalue weighted by atomic mass is 32.1. The van der Waals surface area contributed by atoms with E-state index in [0.717, 1.165) is 10.4 Å². The minimum atomic E-state index is -1.23. The third kappa shape index (κ3) is 4.83. The summed E-state index contributed by atoms with van der Waals surface area (Å²) in [5.41, 5.74) is 0.331. The van der Waals surface area contributed by atoms with Gasteiger partial charge in [0.05, 0.1) is 17.1 Å². The molecule has 8 nitrogen and oxygen atoms in total.